The molecule has 0 saturated carbocycles. The van der Waals surface area contributed by atoms with Crippen molar-refractivity contribution in [3.05, 3.63) is 83.6 Å². The summed E-state index contributed by atoms with van der Waals surface area (Å²) in [7, 11) is 1.62. The SMILES string of the molecule is COc1cccc(CNC(=O)CSc2nnc(-c3ccccn3)n2-c2ccc(C)cc2C)c1. The summed E-state index contributed by atoms with van der Waals surface area (Å²) in [5, 5.41) is 12.4. The molecule has 8 heteroatoms. The number of amides is 1. The molecular weight excluding hydrogens is 434 g/mol. The van der Waals surface area contributed by atoms with Crippen LogP contribution in [0.2, 0.25) is 0 Å². The van der Waals surface area contributed by atoms with E-state index in [0.29, 0.717) is 17.5 Å². The number of carbonyl (C=O) groups is 1. The molecule has 33 heavy (non-hydrogen) atoms. The van der Waals surface area contributed by atoms with Crippen LogP contribution in [0.25, 0.3) is 17.2 Å². The summed E-state index contributed by atoms with van der Waals surface area (Å²) in [4.78, 5) is 17.0. The van der Waals surface area contributed by atoms with Gasteiger partial charge in [0.2, 0.25) is 5.91 Å². The Bertz CT molecular complexity index is 1260. The fourth-order valence-corrected chi connectivity index (χ4v) is 4.24. The van der Waals surface area contributed by atoms with E-state index in [1.54, 1.807) is 13.3 Å². The molecule has 0 atom stereocenters. The van der Waals surface area contributed by atoms with Crippen LogP contribution < -0.4 is 10.1 Å². The second kappa shape index (κ2) is 10.3. The Kier molecular flexibility index (Phi) is 7.04. The first-order valence-corrected chi connectivity index (χ1v) is 11.5. The molecule has 0 spiro atoms. The van der Waals surface area contributed by atoms with E-state index in [1.165, 1.54) is 17.3 Å². The number of thioether (sulfide) groups is 1. The van der Waals surface area contributed by atoms with Gasteiger partial charge in [0.05, 0.1) is 18.6 Å². The number of aromatic nitrogens is 4. The van der Waals surface area contributed by atoms with Crippen molar-refractivity contribution in [1.29, 1.82) is 0 Å². The topological polar surface area (TPSA) is 81.9 Å². The highest BCUT2D eigenvalue weighted by Crippen LogP contribution is 2.29. The van der Waals surface area contributed by atoms with Gasteiger partial charge in [-0.25, -0.2) is 0 Å². The molecule has 0 aliphatic heterocycles. The van der Waals surface area contributed by atoms with Crippen LogP contribution >= 0.6 is 11.8 Å². The third-order valence-corrected chi connectivity index (χ3v) is 6.01. The average Bonchev–Trinajstić information content (AvgIpc) is 3.25. The number of nitrogens with one attached hydrogen (secondary N) is 1. The van der Waals surface area contributed by atoms with E-state index in [9.17, 15) is 4.79 Å². The van der Waals surface area contributed by atoms with E-state index in [1.807, 2.05) is 53.1 Å². The Hall–Kier alpha value is -3.65. The van der Waals surface area contributed by atoms with Gasteiger partial charge < -0.3 is 10.1 Å². The second-order valence-electron chi connectivity index (χ2n) is 7.56. The van der Waals surface area contributed by atoms with Gasteiger partial charge in [-0.3, -0.25) is 14.3 Å². The van der Waals surface area contributed by atoms with E-state index < -0.39 is 0 Å². The third-order valence-electron chi connectivity index (χ3n) is 5.08. The van der Waals surface area contributed by atoms with Crippen LogP contribution in [0.15, 0.2) is 72.0 Å². The van der Waals surface area contributed by atoms with Crippen LogP contribution in [0.5, 0.6) is 5.75 Å². The quantitative estimate of drug-likeness (QED) is 0.394. The van der Waals surface area contributed by atoms with Crippen molar-refractivity contribution in [2.75, 3.05) is 12.9 Å². The predicted octanol–water partition coefficient (Wildman–Crippen LogP) is 4.36. The van der Waals surface area contributed by atoms with Crippen molar-refractivity contribution >= 4 is 17.7 Å². The lowest BCUT2D eigenvalue weighted by Crippen LogP contribution is -2.24. The minimum absolute atomic E-state index is 0.0858. The van der Waals surface area contributed by atoms with Crippen LogP contribution in [0.3, 0.4) is 0 Å². The van der Waals surface area contributed by atoms with Crippen LogP contribution in [-0.2, 0) is 11.3 Å². The number of nitrogens with zero attached hydrogens (tertiary/aromatic N) is 4. The van der Waals surface area contributed by atoms with Crippen LogP contribution in [-0.4, -0.2) is 38.5 Å². The fourth-order valence-electron chi connectivity index (χ4n) is 3.46. The smallest absolute Gasteiger partial charge is 0.230 e. The van der Waals surface area contributed by atoms with Gasteiger partial charge in [-0.2, -0.15) is 0 Å². The lowest BCUT2D eigenvalue weighted by atomic mass is 10.1. The lowest BCUT2D eigenvalue weighted by Gasteiger charge is -2.13. The number of methoxy groups -OCH3 is 1. The molecule has 4 rings (SSSR count). The minimum Gasteiger partial charge on any atom is -0.497 e. The van der Waals surface area contributed by atoms with Crippen LogP contribution in [0.4, 0.5) is 0 Å². The van der Waals surface area contributed by atoms with E-state index >= 15 is 0 Å². The normalized spacial score (nSPS) is 10.8. The number of aryl methyl sites for hydroxylation is 2. The van der Waals surface area contributed by atoms with Crippen molar-refractivity contribution in [2.45, 2.75) is 25.5 Å². The van der Waals surface area contributed by atoms with Gasteiger partial charge in [0.1, 0.15) is 11.4 Å². The number of ether oxygens (including phenoxy) is 1. The maximum atomic E-state index is 12.5. The van der Waals surface area contributed by atoms with Crippen molar-refractivity contribution in [3.63, 3.8) is 0 Å². The summed E-state index contributed by atoms with van der Waals surface area (Å²) in [6, 6.07) is 19.5. The second-order valence-corrected chi connectivity index (χ2v) is 8.51. The Balaban J connectivity index is 1.53. The standard InChI is InChI=1S/C25H25N5O2S/c1-17-10-11-22(18(2)13-17)30-24(21-9-4-5-12-26-21)28-29-25(30)33-16-23(31)27-15-19-7-6-8-20(14-19)32-3/h4-14H,15-16H2,1-3H3,(H,27,31). The number of pyridine rings is 1. The van der Waals surface area contributed by atoms with E-state index in [4.69, 9.17) is 4.74 Å². The van der Waals surface area contributed by atoms with Crippen molar-refractivity contribution < 1.29 is 9.53 Å². The maximum absolute atomic E-state index is 12.5. The Morgan fingerprint density at radius 1 is 1.06 bits per heavy atom. The molecule has 1 amide bonds. The van der Waals surface area contributed by atoms with Gasteiger partial charge >= 0.3 is 0 Å². The Morgan fingerprint density at radius 2 is 1.94 bits per heavy atom. The summed E-state index contributed by atoms with van der Waals surface area (Å²) in [6.07, 6.45) is 1.73. The monoisotopic (exact) mass is 459 g/mol. The average molecular weight is 460 g/mol. The molecule has 2 aromatic carbocycles. The van der Waals surface area contributed by atoms with Gasteiger partial charge in [-0.05, 0) is 55.3 Å². The Labute approximate surface area is 197 Å². The van der Waals surface area contributed by atoms with Gasteiger partial charge in [0, 0.05) is 12.7 Å². The molecule has 4 aromatic rings. The molecular formula is C25H25N5O2S. The zero-order valence-electron chi connectivity index (χ0n) is 18.8. The highest BCUT2D eigenvalue weighted by atomic mass is 32.2. The van der Waals surface area contributed by atoms with Gasteiger partial charge in [-0.1, -0.05) is 47.7 Å². The third kappa shape index (κ3) is 5.40. The number of hydrogen-bond donors (Lipinski definition) is 1. The van der Waals surface area contributed by atoms with Crippen LogP contribution in [0.1, 0.15) is 16.7 Å². The molecule has 0 unspecified atom stereocenters. The van der Waals surface area contributed by atoms with Crippen molar-refractivity contribution in [3.8, 4) is 23.0 Å². The largest absolute Gasteiger partial charge is 0.497 e. The number of hydrogen-bond acceptors (Lipinski definition) is 6. The molecule has 0 aliphatic carbocycles. The maximum Gasteiger partial charge on any atom is 0.230 e. The van der Waals surface area contributed by atoms with Gasteiger partial charge in [-0.15, -0.1) is 10.2 Å². The summed E-state index contributed by atoms with van der Waals surface area (Å²) in [6.45, 7) is 4.55. The molecule has 0 radical (unpaired) electrons. The van der Waals surface area contributed by atoms with Crippen molar-refractivity contribution in [2.24, 2.45) is 0 Å². The van der Waals surface area contributed by atoms with E-state index in [2.05, 4.69) is 46.5 Å². The number of carbonyl (C=O) groups excluding carboxylic acids is 1. The summed E-state index contributed by atoms with van der Waals surface area (Å²) in [5.74, 6) is 1.54. The van der Waals surface area contributed by atoms with Gasteiger partial charge in [0.15, 0.2) is 11.0 Å². The zero-order valence-corrected chi connectivity index (χ0v) is 19.6. The molecule has 1 N–H and O–H groups in total. The number of rotatable bonds is 8. The number of benzene rings is 2. The van der Waals surface area contributed by atoms with E-state index in [-0.39, 0.29) is 11.7 Å². The summed E-state index contributed by atoms with van der Waals surface area (Å²) < 4.78 is 7.21. The molecule has 2 aromatic heterocycles. The lowest BCUT2D eigenvalue weighted by molar-refractivity contribution is -0.118. The van der Waals surface area contributed by atoms with Crippen molar-refractivity contribution in [1.82, 2.24) is 25.1 Å². The first kappa shape index (κ1) is 22.5. The van der Waals surface area contributed by atoms with Gasteiger partial charge in [0.25, 0.3) is 0 Å². The predicted molar refractivity (Wildman–Crippen MR) is 130 cm³/mol. The molecule has 0 saturated heterocycles. The molecule has 0 bridgehead atoms. The molecule has 7 nitrogen and oxygen atoms in total. The molecule has 2 heterocycles. The molecule has 0 aliphatic rings. The highest BCUT2D eigenvalue weighted by Gasteiger charge is 2.19. The first-order chi connectivity index (χ1) is 16.0. The first-order valence-electron chi connectivity index (χ1n) is 10.5. The highest BCUT2D eigenvalue weighted by molar-refractivity contribution is 7.99. The van der Waals surface area contributed by atoms with Crippen LogP contribution in [0, 0.1) is 13.8 Å². The zero-order chi connectivity index (χ0) is 23.2. The minimum atomic E-state index is -0.0858. The molecule has 0 fully saturated rings. The summed E-state index contributed by atoms with van der Waals surface area (Å²) >= 11 is 1.35. The van der Waals surface area contributed by atoms with E-state index in [0.717, 1.165) is 28.3 Å². The summed E-state index contributed by atoms with van der Waals surface area (Å²) in [5.41, 5.74) is 4.93. The Morgan fingerprint density at radius 3 is 2.70 bits per heavy atom. The molecule has 168 valence electrons. The fraction of sp³-hybridized carbons (Fsp3) is 0.200.